The number of hydrogen-bond acceptors (Lipinski definition) is 2. The molecule has 0 aliphatic heterocycles. The average molecular weight is 258 g/mol. The third kappa shape index (κ3) is 2.73. The first-order valence-corrected chi connectivity index (χ1v) is 7.08. The maximum absolute atomic E-state index is 4.25. The van der Waals surface area contributed by atoms with Crippen molar-refractivity contribution in [3.63, 3.8) is 0 Å². The zero-order valence-corrected chi connectivity index (χ0v) is 11.7. The van der Waals surface area contributed by atoms with E-state index in [0.717, 1.165) is 24.8 Å². The minimum Gasteiger partial charge on any atom is -0.352 e. The maximum Gasteiger partial charge on any atom is 0.105 e. The number of imidazole rings is 1. The quantitative estimate of drug-likeness (QED) is 0.863. The SMILES string of the molecule is CNC(c1ccn(CCn2ccnc2C)c1)C1CC1. The van der Waals surface area contributed by atoms with Gasteiger partial charge in [0.05, 0.1) is 0 Å². The summed E-state index contributed by atoms with van der Waals surface area (Å²) >= 11 is 0. The zero-order chi connectivity index (χ0) is 13.2. The molecule has 102 valence electrons. The molecule has 1 saturated carbocycles. The Morgan fingerprint density at radius 1 is 1.37 bits per heavy atom. The molecule has 3 rings (SSSR count). The maximum atomic E-state index is 4.25. The van der Waals surface area contributed by atoms with Gasteiger partial charge in [-0.3, -0.25) is 0 Å². The van der Waals surface area contributed by atoms with Gasteiger partial charge in [0.2, 0.25) is 0 Å². The summed E-state index contributed by atoms with van der Waals surface area (Å²) in [4.78, 5) is 4.25. The van der Waals surface area contributed by atoms with Crippen molar-refractivity contribution in [3.8, 4) is 0 Å². The smallest absolute Gasteiger partial charge is 0.105 e. The summed E-state index contributed by atoms with van der Waals surface area (Å²) in [5.74, 6) is 1.93. The van der Waals surface area contributed by atoms with Crippen LogP contribution in [0.5, 0.6) is 0 Å². The summed E-state index contributed by atoms with van der Waals surface area (Å²) in [6, 6.07) is 2.79. The summed E-state index contributed by atoms with van der Waals surface area (Å²) in [7, 11) is 2.06. The summed E-state index contributed by atoms with van der Waals surface area (Å²) in [6.07, 6.45) is 11.1. The first kappa shape index (κ1) is 12.5. The number of nitrogens with zero attached hydrogens (tertiary/aromatic N) is 3. The fraction of sp³-hybridized carbons (Fsp3) is 0.533. The highest BCUT2D eigenvalue weighted by Gasteiger charge is 2.31. The molecule has 0 saturated heterocycles. The standard InChI is InChI=1S/C15H22N4/c1-12-17-6-8-19(12)10-9-18-7-5-14(11-18)15(16-2)13-3-4-13/h5-8,11,13,15-16H,3-4,9-10H2,1-2H3. The topological polar surface area (TPSA) is 34.8 Å². The first-order chi connectivity index (χ1) is 9.28. The van der Waals surface area contributed by atoms with E-state index in [0.29, 0.717) is 6.04 Å². The van der Waals surface area contributed by atoms with Crippen LogP contribution in [0.3, 0.4) is 0 Å². The second kappa shape index (κ2) is 5.21. The largest absolute Gasteiger partial charge is 0.352 e. The van der Waals surface area contributed by atoms with Crippen LogP contribution in [0.25, 0.3) is 0 Å². The van der Waals surface area contributed by atoms with Gasteiger partial charge in [0, 0.05) is 43.9 Å². The van der Waals surface area contributed by atoms with Crippen LogP contribution in [-0.4, -0.2) is 21.2 Å². The highest BCUT2D eigenvalue weighted by Crippen LogP contribution is 2.40. The van der Waals surface area contributed by atoms with Crippen LogP contribution < -0.4 is 5.32 Å². The van der Waals surface area contributed by atoms with E-state index < -0.39 is 0 Å². The van der Waals surface area contributed by atoms with Gasteiger partial charge < -0.3 is 14.5 Å². The van der Waals surface area contributed by atoms with Crippen molar-refractivity contribution in [2.45, 2.75) is 38.9 Å². The third-order valence-electron chi connectivity index (χ3n) is 4.06. The van der Waals surface area contributed by atoms with Crippen molar-refractivity contribution in [3.05, 3.63) is 42.2 Å². The normalized spacial score (nSPS) is 16.7. The van der Waals surface area contributed by atoms with Gasteiger partial charge in [-0.05, 0) is 44.4 Å². The van der Waals surface area contributed by atoms with Gasteiger partial charge in [-0.15, -0.1) is 0 Å². The van der Waals surface area contributed by atoms with E-state index in [1.54, 1.807) is 0 Å². The van der Waals surface area contributed by atoms with Gasteiger partial charge in [0.25, 0.3) is 0 Å². The van der Waals surface area contributed by atoms with Crippen LogP contribution in [0.4, 0.5) is 0 Å². The predicted molar refractivity (Wildman–Crippen MR) is 75.9 cm³/mol. The van der Waals surface area contributed by atoms with E-state index in [-0.39, 0.29) is 0 Å². The Hall–Kier alpha value is -1.55. The van der Waals surface area contributed by atoms with Crippen molar-refractivity contribution >= 4 is 0 Å². The van der Waals surface area contributed by atoms with Crippen LogP contribution in [0.1, 0.15) is 30.3 Å². The molecule has 0 bridgehead atoms. The van der Waals surface area contributed by atoms with Crippen molar-refractivity contribution in [2.75, 3.05) is 7.05 Å². The molecule has 4 nitrogen and oxygen atoms in total. The Balaban J connectivity index is 1.63. The molecule has 1 aliphatic carbocycles. The van der Waals surface area contributed by atoms with Crippen molar-refractivity contribution in [1.29, 1.82) is 0 Å². The molecule has 1 unspecified atom stereocenters. The van der Waals surface area contributed by atoms with E-state index in [9.17, 15) is 0 Å². The van der Waals surface area contributed by atoms with Crippen molar-refractivity contribution in [2.24, 2.45) is 5.92 Å². The monoisotopic (exact) mass is 258 g/mol. The van der Waals surface area contributed by atoms with Crippen LogP contribution in [0, 0.1) is 12.8 Å². The Kier molecular flexibility index (Phi) is 3.42. The molecule has 0 aromatic carbocycles. The minimum absolute atomic E-state index is 0.538. The van der Waals surface area contributed by atoms with E-state index in [4.69, 9.17) is 0 Å². The molecular formula is C15H22N4. The Bertz CT molecular complexity index is 536. The number of rotatable bonds is 6. The molecular weight excluding hydrogens is 236 g/mol. The number of aryl methyl sites for hydroxylation is 3. The highest BCUT2D eigenvalue weighted by molar-refractivity contribution is 5.18. The van der Waals surface area contributed by atoms with Crippen LogP contribution in [0.2, 0.25) is 0 Å². The lowest BCUT2D eigenvalue weighted by atomic mass is 10.1. The minimum atomic E-state index is 0.538. The van der Waals surface area contributed by atoms with E-state index in [1.807, 2.05) is 19.3 Å². The van der Waals surface area contributed by atoms with Crippen LogP contribution >= 0.6 is 0 Å². The van der Waals surface area contributed by atoms with Gasteiger partial charge >= 0.3 is 0 Å². The van der Waals surface area contributed by atoms with Crippen molar-refractivity contribution in [1.82, 2.24) is 19.4 Å². The molecule has 1 atom stereocenters. The molecule has 0 radical (unpaired) electrons. The van der Waals surface area contributed by atoms with Gasteiger partial charge in [0.15, 0.2) is 0 Å². The number of aromatic nitrogens is 3. The predicted octanol–water partition coefficient (Wildman–Crippen LogP) is 2.36. The number of nitrogens with one attached hydrogen (secondary N) is 1. The molecule has 4 heteroatoms. The molecule has 19 heavy (non-hydrogen) atoms. The number of hydrogen-bond donors (Lipinski definition) is 1. The molecule has 2 aromatic heterocycles. The molecule has 1 fully saturated rings. The molecule has 2 heterocycles. The van der Waals surface area contributed by atoms with E-state index >= 15 is 0 Å². The lowest BCUT2D eigenvalue weighted by Crippen LogP contribution is -2.17. The summed E-state index contributed by atoms with van der Waals surface area (Å²) in [5.41, 5.74) is 1.42. The van der Waals surface area contributed by atoms with E-state index in [1.165, 1.54) is 18.4 Å². The fourth-order valence-electron chi connectivity index (χ4n) is 2.75. The molecule has 0 amide bonds. The van der Waals surface area contributed by atoms with Crippen molar-refractivity contribution < 1.29 is 0 Å². The summed E-state index contributed by atoms with van der Waals surface area (Å²) in [5, 5.41) is 3.44. The molecule has 1 N–H and O–H groups in total. The first-order valence-electron chi connectivity index (χ1n) is 7.08. The van der Waals surface area contributed by atoms with Crippen LogP contribution in [-0.2, 0) is 13.1 Å². The molecule has 0 spiro atoms. The second-order valence-electron chi connectivity index (χ2n) is 5.45. The Labute approximate surface area is 114 Å². The van der Waals surface area contributed by atoms with E-state index in [2.05, 4.69) is 44.9 Å². The fourth-order valence-corrected chi connectivity index (χ4v) is 2.75. The second-order valence-corrected chi connectivity index (χ2v) is 5.45. The lowest BCUT2D eigenvalue weighted by Gasteiger charge is -2.13. The summed E-state index contributed by atoms with van der Waals surface area (Å²) < 4.78 is 4.47. The van der Waals surface area contributed by atoms with Gasteiger partial charge in [-0.2, -0.15) is 0 Å². The van der Waals surface area contributed by atoms with Crippen LogP contribution in [0.15, 0.2) is 30.9 Å². The highest BCUT2D eigenvalue weighted by atomic mass is 15.1. The Morgan fingerprint density at radius 3 is 2.84 bits per heavy atom. The zero-order valence-electron chi connectivity index (χ0n) is 11.7. The average Bonchev–Trinajstić information content (AvgIpc) is 2.98. The van der Waals surface area contributed by atoms with Gasteiger partial charge in [-0.1, -0.05) is 0 Å². The Morgan fingerprint density at radius 2 is 2.21 bits per heavy atom. The molecule has 1 aliphatic rings. The lowest BCUT2D eigenvalue weighted by molar-refractivity contribution is 0.523. The van der Waals surface area contributed by atoms with Gasteiger partial charge in [-0.25, -0.2) is 4.98 Å². The molecule has 2 aromatic rings. The van der Waals surface area contributed by atoms with Gasteiger partial charge in [0.1, 0.15) is 5.82 Å². The summed E-state index contributed by atoms with van der Waals surface area (Å²) in [6.45, 7) is 4.02. The third-order valence-corrected chi connectivity index (χ3v) is 4.06.